The number of carbonyl (C=O) groups excluding carboxylic acids is 1. The first kappa shape index (κ1) is 10.8. The number of ether oxygens (including phenoxy) is 2. The van der Waals surface area contributed by atoms with Crippen LogP contribution in [0.4, 0.5) is 0 Å². The average Bonchev–Trinajstić information content (AvgIpc) is 2.40. The molecular weight excluding hydrogens is 216 g/mol. The van der Waals surface area contributed by atoms with Gasteiger partial charge in [0.25, 0.3) is 0 Å². The van der Waals surface area contributed by atoms with E-state index in [9.17, 15) is 4.79 Å². The zero-order chi connectivity index (χ0) is 9.84. The number of hydrogen-bond donors (Lipinski definition) is 1. The predicted octanol–water partition coefficient (Wildman–Crippen LogP) is 0.692. The summed E-state index contributed by atoms with van der Waals surface area (Å²) in [5.41, 5.74) is 0. The van der Waals surface area contributed by atoms with Gasteiger partial charge >= 0.3 is 5.97 Å². The molecule has 1 unspecified atom stereocenters. The van der Waals surface area contributed by atoms with E-state index in [1.165, 1.54) is 18.9 Å². The summed E-state index contributed by atoms with van der Waals surface area (Å²) >= 11 is 6.92. The van der Waals surface area contributed by atoms with Gasteiger partial charge in [0.2, 0.25) is 6.29 Å². The number of rotatable bonds is 4. The Bertz CT molecular complexity index is 241. The molecule has 1 aliphatic heterocycles. The lowest BCUT2D eigenvalue weighted by molar-refractivity contribution is -0.154. The normalized spacial score (nSPS) is 22.4. The van der Waals surface area contributed by atoms with Crippen LogP contribution in [0.3, 0.4) is 0 Å². The lowest BCUT2D eigenvalue weighted by Gasteiger charge is -2.10. The van der Waals surface area contributed by atoms with Gasteiger partial charge in [-0.3, -0.25) is 0 Å². The Labute approximate surface area is 84.8 Å². The Balaban J connectivity index is 2.69. The van der Waals surface area contributed by atoms with Gasteiger partial charge in [0.15, 0.2) is 0 Å². The summed E-state index contributed by atoms with van der Waals surface area (Å²) in [4.78, 5) is 11.5. The van der Waals surface area contributed by atoms with Gasteiger partial charge in [0, 0.05) is 12.9 Å². The number of cyclic esters (lactones) is 1. The zero-order valence-electron chi connectivity index (χ0n) is 6.95. The summed E-state index contributed by atoms with van der Waals surface area (Å²) in [6, 6.07) is 0. The lowest BCUT2D eigenvalue weighted by Crippen LogP contribution is -2.12. The van der Waals surface area contributed by atoms with Crippen LogP contribution in [-0.4, -0.2) is 36.8 Å². The van der Waals surface area contributed by atoms with Gasteiger partial charge in [-0.15, -0.1) is 11.8 Å². The highest BCUT2D eigenvalue weighted by Gasteiger charge is 2.33. The topological polar surface area (TPSA) is 55.8 Å². The van der Waals surface area contributed by atoms with Crippen molar-refractivity contribution in [3.8, 4) is 0 Å². The fourth-order valence-electron chi connectivity index (χ4n) is 0.849. The first-order valence-corrected chi connectivity index (χ1v) is 4.94. The van der Waals surface area contributed by atoms with E-state index in [0.29, 0.717) is 10.7 Å². The van der Waals surface area contributed by atoms with Crippen LogP contribution in [0.2, 0.25) is 0 Å². The standard InChI is InChI=1S/C7H9ClO4S/c1-11-7-5(13-3-2-9)4(8)6(10)12-7/h7,9H,2-3H2,1H3. The molecule has 1 rings (SSSR count). The predicted molar refractivity (Wildman–Crippen MR) is 49.3 cm³/mol. The number of aliphatic hydroxyl groups is 1. The van der Waals surface area contributed by atoms with Crippen LogP contribution >= 0.6 is 23.4 Å². The maximum Gasteiger partial charge on any atom is 0.353 e. The van der Waals surface area contributed by atoms with Gasteiger partial charge < -0.3 is 14.6 Å². The van der Waals surface area contributed by atoms with Crippen LogP contribution in [0.25, 0.3) is 0 Å². The number of aliphatic hydroxyl groups excluding tert-OH is 1. The Morgan fingerprint density at radius 1 is 1.77 bits per heavy atom. The Morgan fingerprint density at radius 3 is 3.00 bits per heavy atom. The SMILES string of the molecule is COC1OC(=O)C(Cl)=C1SCCO. The van der Waals surface area contributed by atoms with Crippen molar-refractivity contribution in [3.05, 3.63) is 9.94 Å². The molecule has 1 atom stereocenters. The molecule has 0 fully saturated rings. The monoisotopic (exact) mass is 224 g/mol. The molecule has 74 valence electrons. The lowest BCUT2D eigenvalue weighted by atomic mass is 10.5. The summed E-state index contributed by atoms with van der Waals surface area (Å²) in [7, 11) is 1.42. The number of carbonyl (C=O) groups is 1. The molecule has 0 amide bonds. The van der Waals surface area contributed by atoms with Crippen molar-refractivity contribution in [1.29, 1.82) is 0 Å². The highest BCUT2D eigenvalue weighted by molar-refractivity contribution is 8.03. The molecule has 0 aromatic rings. The van der Waals surface area contributed by atoms with Crippen molar-refractivity contribution >= 4 is 29.3 Å². The summed E-state index contributed by atoms with van der Waals surface area (Å²) in [6.07, 6.45) is -0.712. The van der Waals surface area contributed by atoms with Crippen LogP contribution in [0, 0.1) is 0 Å². The van der Waals surface area contributed by atoms with Gasteiger partial charge in [-0.1, -0.05) is 11.6 Å². The van der Waals surface area contributed by atoms with Crippen molar-refractivity contribution in [3.63, 3.8) is 0 Å². The van der Waals surface area contributed by atoms with Crippen LogP contribution in [0.15, 0.2) is 9.94 Å². The fraction of sp³-hybridized carbons (Fsp3) is 0.571. The molecule has 6 heteroatoms. The summed E-state index contributed by atoms with van der Waals surface area (Å²) in [5, 5.41) is 8.63. The van der Waals surface area contributed by atoms with Gasteiger partial charge in [-0.25, -0.2) is 4.79 Å². The molecule has 0 aromatic carbocycles. The van der Waals surface area contributed by atoms with E-state index in [1.54, 1.807) is 0 Å². The Kier molecular flexibility index (Phi) is 4.05. The van der Waals surface area contributed by atoms with Crippen LogP contribution in [-0.2, 0) is 14.3 Å². The highest BCUT2D eigenvalue weighted by atomic mass is 35.5. The second-order valence-corrected chi connectivity index (χ2v) is 3.74. The average molecular weight is 225 g/mol. The van der Waals surface area contributed by atoms with E-state index < -0.39 is 12.3 Å². The molecule has 0 radical (unpaired) electrons. The minimum Gasteiger partial charge on any atom is -0.426 e. The molecule has 0 saturated heterocycles. The molecule has 4 nitrogen and oxygen atoms in total. The third-order valence-corrected chi connectivity index (χ3v) is 2.95. The second kappa shape index (κ2) is 4.85. The smallest absolute Gasteiger partial charge is 0.353 e. The maximum atomic E-state index is 10.9. The van der Waals surface area contributed by atoms with Crippen molar-refractivity contribution in [1.82, 2.24) is 0 Å². The third kappa shape index (κ3) is 2.37. The van der Waals surface area contributed by atoms with Gasteiger partial charge in [0.1, 0.15) is 5.03 Å². The number of thioether (sulfide) groups is 1. The number of esters is 1. The van der Waals surface area contributed by atoms with Crippen LogP contribution in [0.1, 0.15) is 0 Å². The summed E-state index contributed by atoms with van der Waals surface area (Å²) in [6.45, 7) is 0.0168. The summed E-state index contributed by atoms with van der Waals surface area (Å²) in [5.74, 6) is -0.115. The van der Waals surface area contributed by atoms with Crippen molar-refractivity contribution in [2.75, 3.05) is 19.5 Å². The minimum absolute atomic E-state index is 0.0168. The fourth-order valence-corrected chi connectivity index (χ4v) is 1.95. The quantitative estimate of drug-likeness (QED) is 0.713. The number of methoxy groups -OCH3 is 1. The molecule has 0 aliphatic carbocycles. The molecule has 1 N–H and O–H groups in total. The van der Waals surface area contributed by atoms with Gasteiger partial charge in [-0.05, 0) is 0 Å². The van der Waals surface area contributed by atoms with Gasteiger partial charge in [-0.2, -0.15) is 0 Å². The van der Waals surface area contributed by atoms with E-state index >= 15 is 0 Å². The molecule has 0 spiro atoms. The molecule has 0 aromatic heterocycles. The van der Waals surface area contributed by atoms with Crippen molar-refractivity contribution < 1.29 is 19.4 Å². The number of halogens is 1. The molecule has 13 heavy (non-hydrogen) atoms. The van der Waals surface area contributed by atoms with E-state index in [-0.39, 0.29) is 11.6 Å². The van der Waals surface area contributed by atoms with E-state index in [4.69, 9.17) is 26.2 Å². The minimum atomic E-state index is -0.712. The first-order valence-electron chi connectivity index (χ1n) is 3.57. The van der Waals surface area contributed by atoms with Crippen LogP contribution < -0.4 is 0 Å². The van der Waals surface area contributed by atoms with Crippen molar-refractivity contribution in [2.45, 2.75) is 6.29 Å². The van der Waals surface area contributed by atoms with E-state index in [1.807, 2.05) is 0 Å². The largest absolute Gasteiger partial charge is 0.426 e. The van der Waals surface area contributed by atoms with E-state index in [0.717, 1.165) is 0 Å². The molecule has 1 heterocycles. The molecule has 1 aliphatic rings. The third-order valence-electron chi connectivity index (χ3n) is 1.39. The maximum absolute atomic E-state index is 10.9. The first-order chi connectivity index (χ1) is 6.20. The van der Waals surface area contributed by atoms with Gasteiger partial charge in [0.05, 0.1) is 11.5 Å². The Morgan fingerprint density at radius 2 is 2.46 bits per heavy atom. The highest BCUT2D eigenvalue weighted by Crippen LogP contribution is 2.34. The second-order valence-electron chi connectivity index (χ2n) is 2.22. The van der Waals surface area contributed by atoms with Crippen LogP contribution in [0.5, 0.6) is 0 Å². The molecule has 0 bridgehead atoms. The molecule has 0 saturated carbocycles. The summed E-state index contributed by atoms with van der Waals surface area (Å²) < 4.78 is 9.64. The van der Waals surface area contributed by atoms with Crippen molar-refractivity contribution in [2.24, 2.45) is 0 Å². The Hall–Kier alpha value is -0.230. The number of hydrogen-bond acceptors (Lipinski definition) is 5. The zero-order valence-corrected chi connectivity index (χ0v) is 8.52. The van der Waals surface area contributed by atoms with E-state index in [2.05, 4.69) is 0 Å². The molecular formula is C7H9ClO4S.